The molecule has 0 N–H and O–H groups in total. The van der Waals surface area contributed by atoms with E-state index in [4.69, 9.17) is 0 Å². The Bertz CT molecular complexity index is 374. The molecule has 1 aromatic heterocycles. The van der Waals surface area contributed by atoms with Crippen LogP contribution < -0.4 is 4.57 Å². The van der Waals surface area contributed by atoms with Crippen LogP contribution in [0.15, 0.2) is 24.4 Å². The first-order chi connectivity index (χ1) is 7.15. The van der Waals surface area contributed by atoms with Crippen LogP contribution in [0.4, 0.5) is 0 Å². The molecule has 0 spiro atoms. The third kappa shape index (κ3) is 3.16. The molecule has 4 nitrogen and oxygen atoms in total. The number of hydrogen-bond acceptors (Lipinski definition) is 3. The molecule has 1 aromatic rings. The van der Waals surface area contributed by atoms with Crippen molar-refractivity contribution in [2.24, 2.45) is 0 Å². The molecular formula is C11H14NO3+. The van der Waals surface area contributed by atoms with E-state index in [0.29, 0.717) is 0 Å². The number of pyridine rings is 1. The van der Waals surface area contributed by atoms with Crippen LogP contribution in [0.2, 0.25) is 0 Å². The van der Waals surface area contributed by atoms with E-state index in [1.807, 2.05) is 25.1 Å². The lowest BCUT2D eigenvalue weighted by Gasteiger charge is -1.99. The van der Waals surface area contributed by atoms with E-state index in [2.05, 4.69) is 4.74 Å². The Morgan fingerprint density at radius 1 is 1.40 bits per heavy atom. The molecule has 0 aliphatic rings. The summed E-state index contributed by atoms with van der Waals surface area (Å²) in [6.07, 6.45) is 1.76. The summed E-state index contributed by atoms with van der Waals surface area (Å²) >= 11 is 0. The summed E-state index contributed by atoms with van der Waals surface area (Å²) in [6, 6.07) is 5.56. The topological polar surface area (TPSA) is 47.3 Å². The smallest absolute Gasteiger partial charge is 0.381 e. The largest absolute Gasteiger partial charge is 0.460 e. The van der Waals surface area contributed by atoms with Gasteiger partial charge in [0.2, 0.25) is 6.54 Å². The Balaban J connectivity index is 2.67. The van der Waals surface area contributed by atoms with Gasteiger partial charge < -0.3 is 4.74 Å². The molecule has 0 saturated carbocycles. The van der Waals surface area contributed by atoms with Crippen LogP contribution in [-0.4, -0.2) is 18.4 Å². The van der Waals surface area contributed by atoms with Gasteiger partial charge in [0.25, 0.3) is 0 Å². The first-order valence-corrected chi connectivity index (χ1v) is 4.80. The standard InChI is InChI=1S/C11H14NO3/c1-3-15-11(14)10(13)8-12-7-5-4-6-9(12)2/h4-7H,3,8H2,1-2H3/q+1. The average Bonchev–Trinajstić information content (AvgIpc) is 2.21. The fourth-order valence-electron chi connectivity index (χ4n) is 1.17. The molecule has 0 amide bonds. The molecule has 1 rings (SSSR count). The summed E-state index contributed by atoms with van der Waals surface area (Å²) in [5.41, 5.74) is 0.926. The van der Waals surface area contributed by atoms with Crippen LogP contribution in [-0.2, 0) is 20.9 Å². The van der Waals surface area contributed by atoms with Gasteiger partial charge in [0.1, 0.15) is 0 Å². The SMILES string of the molecule is CCOC(=O)C(=O)C[n+]1ccccc1C. The maximum absolute atomic E-state index is 11.4. The summed E-state index contributed by atoms with van der Waals surface area (Å²) in [4.78, 5) is 22.4. The molecule has 0 radical (unpaired) electrons. The first-order valence-electron chi connectivity index (χ1n) is 4.80. The molecule has 15 heavy (non-hydrogen) atoms. The first kappa shape index (κ1) is 11.4. The van der Waals surface area contributed by atoms with Crippen molar-refractivity contribution in [3.63, 3.8) is 0 Å². The van der Waals surface area contributed by atoms with Crippen molar-refractivity contribution in [2.75, 3.05) is 6.61 Å². The third-order valence-corrected chi connectivity index (χ3v) is 1.98. The van der Waals surface area contributed by atoms with Gasteiger partial charge in [0.15, 0.2) is 11.9 Å². The van der Waals surface area contributed by atoms with E-state index in [-0.39, 0.29) is 13.2 Å². The van der Waals surface area contributed by atoms with E-state index in [1.54, 1.807) is 17.7 Å². The molecule has 0 aliphatic carbocycles. The number of esters is 1. The zero-order valence-corrected chi connectivity index (χ0v) is 8.90. The number of aromatic nitrogens is 1. The summed E-state index contributed by atoms with van der Waals surface area (Å²) in [7, 11) is 0. The zero-order valence-electron chi connectivity index (χ0n) is 8.90. The van der Waals surface area contributed by atoms with Gasteiger partial charge in [0.05, 0.1) is 6.61 Å². The number of carbonyl (C=O) groups is 2. The van der Waals surface area contributed by atoms with Crippen LogP contribution in [0.1, 0.15) is 12.6 Å². The van der Waals surface area contributed by atoms with Gasteiger partial charge in [-0.05, 0) is 6.92 Å². The van der Waals surface area contributed by atoms with Gasteiger partial charge in [-0.2, -0.15) is 4.57 Å². The van der Waals surface area contributed by atoms with E-state index >= 15 is 0 Å². The van der Waals surface area contributed by atoms with Gasteiger partial charge in [0, 0.05) is 19.1 Å². The zero-order chi connectivity index (χ0) is 11.3. The van der Waals surface area contributed by atoms with Gasteiger partial charge >= 0.3 is 11.8 Å². The second-order valence-electron chi connectivity index (χ2n) is 3.11. The Morgan fingerprint density at radius 2 is 2.13 bits per heavy atom. The van der Waals surface area contributed by atoms with Crippen molar-refractivity contribution < 1.29 is 18.9 Å². The molecule has 0 fully saturated rings. The van der Waals surface area contributed by atoms with Crippen molar-refractivity contribution in [3.8, 4) is 0 Å². The second-order valence-corrected chi connectivity index (χ2v) is 3.11. The van der Waals surface area contributed by atoms with Crippen LogP contribution in [0.5, 0.6) is 0 Å². The van der Waals surface area contributed by atoms with Crippen molar-refractivity contribution in [1.82, 2.24) is 0 Å². The van der Waals surface area contributed by atoms with Crippen molar-refractivity contribution >= 4 is 11.8 Å². The van der Waals surface area contributed by atoms with Crippen LogP contribution >= 0.6 is 0 Å². The number of nitrogens with zero attached hydrogens (tertiary/aromatic N) is 1. The highest BCUT2D eigenvalue weighted by Crippen LogP contribution is 1.89. The maximum Gasteiger partial charge on any atom is 0.381 e. The molecule has 0 aromatic carbocycles. The number of rotatable bonds is 4. The van der Waals surface area contributed by atoms with Gasteiger partial charge in [-0.1, -0.05) is 6.07 Å². The molecule has 0 aliphatic heterocycles. The van der Waals surface area contributed by atoms with E-state index in [9.17, 15) is 9.59 Å². The fraction of sp³-hybridized carbons (Fsp3) is 0.364. The number of Topliss-reactive ketones (excluding diaryl/α,β-unsaturated/α-hetero) is 1. The monoisotopic (exact) mass is 208 g/mol. The lowest BCUT2D eigenvalue weighted by molar-refractivity contribution is -0.689. The molecule has 0 unspecified atom stereocenters. The highest BCUT2D eigenvalue weighted by molar-refractivity contribution is 6.33. The minimum Gasteiger partial charge on any atom is -0.460 e. The number of ether oxygens (including phenoxy) is 1. The molecule has 1 heterocycles. The average molecular weight is 208 g/mol. The lowest BCUT2D eigenvalue weighted by atomic mass is 10.3. The summed E-state index contributed by atoms with van der Waals surface area (Å²) in [6.45, 7) is 3.80. The van der Waals surface area contributed by atoms with Crippen molar-refractivity contribution in [1.29, 1.82) is 0 Å². The van der Waals surface area contributed by atoms with Crippen LogP contribution in [0.3, 0.4) is 0 Å². The van der Waals surface area contributed by atoms with Gasteiger partial charge in [-0.25, -0.2) is 4.79 Å². The van der Waals surface area contributed by atoms with Crippen LogP contribution in [0, 0.1) is 6.92 Å². The van der Waals surface area contributed by atoms with Crippen LogP contribution in [0.25, 0.3) is 0 Å². The number of carbonyl (C=O) groups excluding carboxylic acids is 2. The minimum absolute atomic E-state index is 0.0332. The predicted molar refractivity (Wildman–Crippen MR) is 53.0 cm³/mol. The quantitative estimate of drug-likeness (QED) is 0.409. The highest BCUT2D eigenvalue weighted by atomic mass is 16.5. The molecule has 0 saturated heterocycles. The van der Waals surface area contributed by atoms with E-state index in [1.165, 1.54) is 0 Å². The molecule has 0 bridgehead atoms. The fourth-order valence-corrected chi connectivity index (χ4v) is 1.17. The maximum atomic E-state index is 11.4. The second kappa shape index (κ2) is 5.24. The number of aryl methyl sites for hydroxylation is 1. The van der Waals surface area contributed by atoms with E-state index < -0.39 is 11.8 Å². The van der Waals surface area contributed by atoms with E-state index in [0.717, 1.165) is 5.69 Å². The van der Waals surface area contributed by atoms with Crippen molar-refractivity contribution in [2.45, 2.75) is 20.4 Å². The van der Waals surface area contributed by atoms with Gasteiger partial charge in [-0.3, -0.25) is 4.79 Å². The minimum atomic E-state index is -0.770. The van der Waals surface area contributed by atoms with Crippen molar-refractivity contribution in [3.05, 3.63) is 30.1 Å². The molecule has 80 valence electrons. The molecule has 0 atom stereocenters. The Kier molecular flexibility index (Phi) is 3.97. The summed E-state index contributed by atoms with van der Waals surface area (Å²) in [5, 5.41) is 0. The molecule has 4 heteroatoms. The number of ketones is 1. The summed E-state index contributed by atoms with van der Waals surface area (Å²) in [5.74, 6) is -1.30. The summed E-state index contributed by atoms with van der Waals surface area (Å²) < 4.78 is 6.32. The lowest BCUT2D eigenvalue weighted by Crippen LogP contribution is -2.42. The van der Waals surface area contributed by atoms with Gasteiger partial charge in [-0.15, -0.1) is 0 Å². The molecular weight excluding hydrogens is 194 g/mol. The highest BCUT2D eigenvalue weighted by Gasteiger charge is 2.20. The Hall–Kier alpha value is -1.71. The Morgan fingerprint density at radius 3 is 2.73 bits per heavy atom. The predicted octanol–water partition coefficient (Wildman–Crippen LogP) is 0.415. The number of hydrogen-bond donors (Lipinski definition) is 0. The Labute approximate surface area is 88.5 Å². The normalized spacial score (nSPS) is 9.73. The third-order valence-electron chi connectivity index (χ3n) is 1.98.